The number of piperazine rings is 1. The molecule has 0 saturated carbocycles. The largest absolute Gasteiger partial charge is 0.396 e. The molecule has 178 valence electrons. The van der Waals surface area contributed by atoms with Crippen molar-refractivity contribution in [1.29, 1.82) is 0 Å². The Kier molecular flexibility index (Phi) is 6.47. The number of hydrogen-bond acceptors (Lipinski definition) is 5. The predicted octanol–water partition coefficient (Wildman–Crippen LogP) is 4.37. The summed E-state index contributed by atoms with van der Waals surface area (Å²) >= 11 is 0. The standard InChI is InChI=1S/C28H39N3O2/c1-27(2)11-12-28(20-33-21-28)24-19-22(9-10-23(24)27)25-7-6-8-26(29-25)31-16-14-30(15-17-31)13-4-3-5-18-32/h6-10,19,32H,3-5,11-18,20-21H2,1-2H3. The van der Waals surface area contributed by atoms with Crippen LogP contribution in [0.2, 0.25) is 0 Å². The number of ether oxygens (including phenoxy) is 1. The molecule has 5 nitrogen and oxygen atoms in total. The monoisotopic (exact) mass is 449 g/mol. The first-order chi connectivity index (χ1) is 16.0. The first-order valence-electron chi connectivity index (χ1n) is 12.8. The second-order valence-corrected chi connectivity index (χ2v) is 10.9. The number of aliphatic hydroxyl groups is 1. The molecule has 1 aromatic carbocycles. The molecule has 2 saturated heterocycles. The van der Waals surface area contributed by atoms with Crippen LogP contribution in [0.4, 0.5) is 5.82 Å². The normalized spacial score (nSPS) is 21.6. The van der Waals surface area contributed by atoms with E-state index in [1.807, 2.05) is 0 Å². The van der Waals surface area contributed by atoms with E-state index in [1.165, 1.54) is 36.0 Å². The van der Waals surface area contributed by atoms with Crippen LogP contribution in [0.1, 0.15) is 57.1 Å². The molecule has 2 aliphatic heterocycles. The Labute approximate surface area is 198 Å². The molecule has 1 aliphatic carbocycles. The van der Waals surface area contributed by atoms with Crippen LogP contribution in [0.15, 0.2) is 36.4 Å². The molecular formula is C28H39N3O2. The highest BCUT2D eigenvalue weighted by molar-refractivity contribution is 5.65. The quantitative estimate of drug-likeness (QED) is 0.636. The number of fused-ring (bicyclic) bond motifs is 2. The van der Waals surface area contributed by atoms with Gasteiger partial charge in [0.2, 0.25) is 0 Å². The average molecular weight is 450 g/mol. The summed E-state index contributed by atoms with van der Waals surface area (Å²) in [6.45, 7) is 12.1. The molecule has 0 radical (unpaired) electrons. The van der Waals surface area contributed by atoms with Gasteiger partial charge in [0.1, 0.15) is 5.82 Å². The highest BCUT2D eigenvalue weighted by Crippen LogP contribution is 2.50. The summed E-state index contributed by atoms with van der Waals surface area (Å²) in [5, 5.41) is 8.96. The summed E-state index contributed by atoms with van der Waals surface area (Å²) in [6.07, 6.45) is 5.66. The van der Waals surface area contributed by atoms with E-state index in [0.717, 1.165) is 70.3 Å². The number of unbranched alkanes of at least 4 members (excludes halogenated alkanes) is 2. The van der Waals surface area contributed by atoms with E-state index >= 15 is 0 Å². The minimum absolute atomic E-state index is 0.214. The molecule has 1 aromatic heterocycles. The van der Waals surface area contributed by atoms with Crippen molar-refractivity contribution >= 4 is 5.82 Å². The molecule has 0 amide bonds. The topological polar surface area (TPSA) is 48.8 Å². The van der Waals surface area contributed by atoms with Gasteiger partial charge in [-0.05, 0) is 73.4 Å². The van der Waals surface area contributed by atoms with Gasteiger partial charge >= 0.3 is 0 Å². The lowest BCUT2D eigenvalue weighted by molar-refractivity contribution is -0.0722. The predicted molar refractivity (Wildman–Crippen MR) is 134 cm³/mol. The maximum Gasteiger partial charge on any atom is 0.129 e. The molecule has 5 heteroatoms. The van der Waals surface area contributed by atoms with Crippen LogP contribution in [0.3, 0.4) is 0 Å². The van der Waals surface area contributed by atoms with Gasteiger partial charge in [-0.15, -0.1) is 0 Å². The van der Waals surface area contributed by atoms with Gasteiger partial charge in [0.25, 0.3) is 0 Å². The zero-order chi connectivity index (χ0) is 22.9. The minimum atomic E-state index is 0.214. The van der Waals surface area contributed by atoms with Gasteiger partial charge in [-0.2, -0.15) is 0 Å². The zero-order valence-electron chi connectivity index (χ0n) is 20.4. The van der Waals surface area contributed by atoms with Crippen molar-refractivity contribution in [3.63, 3.8) is 0 Å². The number of aromatic nitrogens is 1. The minimum Gasteiger partial charge on any atom is -0.396 e. The summed E-state index contributed by atoms with van der Waals surface area (Å²) in [6, 6.07) is 13.5. The summed E-state index contributed by atoms with van der Waals surface area (Å²) in [5.74, 6) is 1.09. The summed E-state index contributed by atoms with van der Waals surface area (Å²) < 4.78 is 5.69. The van der Waals surface area contributed by atoms with Crippen LogP contribution in [-0.2, 0) is 15.6 Å². The number of anilines is 1. The van der Waals surface area contributed by atoms with Gasteiger partial charge < -0.3 is 14.7 Å². The zero-order valence-corrected chi connectivity index (χ0v) is 20.4. The highest BCUT2D eigenvalue weighted by Gasteiger charge is 2.47. The number of nitrogens with zero attached hydrogens (tertiary/aromatic N) is 3. The van der Waals surface area contributed by atoms with Gasteiger partial charge in [0.15, 0.2) is 0 Å². The first-order valence-corrected chi connectivity index (χ1v) is 12.8. The second kappa shape index (κ2) is 9.36. The van der Waals surface area contributed by atoms with Crippen LogP contribution < -0.4 is 4.90 Å². The number of rotatable bonds is 7. The molecule has 3 heterocycles. The fraction of sp³-hybridized carbons (Fsp3) is 0.607. The molecule has 0 bridgehead atoms. The third-order valence-corrected chi connectivity index (χ3v) is 8.16. The van der Waals surface area contributed by atoms with Crippen molar-refractivity contribution in [2.75, 3.05) is 57.4 Å². The summed E-state index contributed by atoms with van der Waals surface area (Å²) in [7, 11) is 0. The van der Waals surface area contributed by atoms with E-state index in [2.05, 4.69) is 60.0 Å². The fourth-order valence-electron chi connectivity index (χ4n) is 5.79. The van der Waals surface area contributed by atoms with Gasteiger partial charge in [-0.25, -0.2) is 4.98 Å². The molecule has 3 aliphatic rings. The van der Waals surface area contributed by atoms with Gasteiger partial charge in [0, 0.05) is 43.8 Å². The Hall–Kier alpha value is -1.95. The third-order valence-electron chi connectivity index (χ3n) is 8.16. The van der Waals surface area contributed by atoms with Crippen LogP contribution in [0, 0.1) is 0 Å². The number of benzene rings is 1. The maximum absolute atomic E-state index is 8.96. The number of hydrogen-bond donors (Lipinski definition) is 1. The fourth-order valence-corrected chi connectivity index (χ4v) is 5.79. The molecule has 2 aromatic rings. The van der Waals surface area contributed by atoms with E-state index in [1.54, 1.807) is 0 Å². The van der Waals surface area contributed by atoms with Crippen molar-refractivity contribution in [3.05, 3.63) is 47.5 Å². The molecule has 5 rings (SSSR count). The van der Waals surface area contributed by atoms with Crippen LogP contribution in [-0.4, -0.2) is 67.5 Å². The third kappa shape index (κ3) is 4.55. The van der Waals surface area contributed by atoms with Crippen LogP contribution in [0.5, 0.6) is 0 Å². The summed E-state index contributed by atoms with van der Waals surface area (Å²) in [5.41, 5.74) is 5.72. The Balaban J connectivity index is 1.31. The molecular weight excluding hydrogens is 410 g/mol. The molecule has 0 atom stereocenters. The maximum atomic E-state index is 8.96. The van der Waals surface area contributed by atoms with E-state index in [9.17, 15) is 0 Å². The Morgan fingerprint density at radius 2 is 1.76 bits per heavy atom. The van der Waals surface area contributed by atoms with Gasteiger partial charge in [-0.1, -0.05) is 32.0 Å². The Bertz CT molecular complexity index is 961. The molecule has 1 N–H and O–H groups in total. The van der Waals surface area contributed by atoms with Crippen molar-refractivity contribution < 1.29 is 9.84 Å². The summed E-state index contributed by atoms with van der Waals surface area (Å²) in [4.78, 5) is 10.1. The van der Waals surface area contributed by atoms with Gasteiger partial charge in [0.05, 0.1) is 18.9 Å². The lowest BCUT2D eigenvalue weighted by atomic mass is 9.60. The number of pyridine rings is 1. The molecule has 1 spiro atoms. The first kappa shape index (κ1) is 22.8. The Morgan fingerprint density at radius 3 is 2.48 bits per heavy atom. The van der Waals surface area contributed by atoms with Gasteiger partial charge in [-0.3, -0.25) is 4.90 Å². The van der Waals surface area contributed by atoms with Crippen LogP contribution in [0.25, 0.3) is 11.3 Å². The van der Waals surface area contributed by atoms with E-state index in [4.69, 9.17) is 14.8 Å². The smallest absolute Gasteiger partial charge is 0.129 e. The van der Waals surface area contributed by atoms with Crippen molar-refractivity contribution in [3.8, 4) is 11.3 Å². The Morgan fingerprint density at radius 1 is 0.939 bits per heavy atom. The lowest BCUT2D eigenvalue weighted by Gasteiger charge is -2.50. The highest BCUT2D eigenvalue weighted by atomic mass is 16.5. The van der Waals surface area contributed by atoms with E-state index in [-0.39, 0.29) is 10.8 Å². The van der Waals surface area contributed by atoms with E-state index in [0.29, 0.717) is 6.61 Å². The molecule has 33 heavy (non-hydrogen) atoms. The van der Waals surface area contributed by atoms with Crippen LogP contribution >= 0.6 is 0 Å². The van der Waals surface area contributed by atoms with E-state index < -0.39 is 0 Å². The van der Waals surface area contributed by atoms with Crippen molar-refractivity contribution in [2.45, 2.75) is 56.8 Å². The van der Waals surface area contributed by atoms with Crippen molar-refractivity contribution in [2.24, 2.45) is 0 Å². The second-order valence-electron chi connectivity index (χ2n) is 10.9. The average Bonchev–Trinajstić information content (AvgIpc) is 2.81. The molecule has 2 fully saturated rings. The molecule has 0 unspecified atom stereocenters. The lowest BCUT2D eigenvalue weighted by Crippen LogP contribution is -2.51. The SMILES string of the molecule is CC1(C)CCC2(COC2)c2cc(-c3cccc(N4CCN(CCCCCO)CC4)n3)ccc21. The van der Waals surface area contributed by atoms with Crippen molar-refractivity contribution in [1.82, 2.24) is 9.88 Å². The number of aliphatic hydroxyl groups excluding tert-OH is 1.